The Morgan fingerprint density at radius 2 is 1.93 bits per heavy atom. The Morgan fingerprint density at radius 1 is 1.15 bits per heavy atom. The number of rotatable bonds is 4. The summed E-state index contributed by atoms with van der Waals surface area (Å²) in [7, 11) is 1.66. The predicted molar refractivity (Wildman–Crippen MR) is 107 cm³/mol. The van der Waals surface area contributed by atoms with Crippen molar-refractivity contribution in [1.82, 2.24) is 14.9 Å². The van der Waals surface area contributed by atoms with Gasteiger partial charge in [-0.25, -0.2) is 4.98 Å². The Kier molecular flexibility index (Phi) is 4.84. The molecular formula is C22H25N3O2. The highest BCUT2D eigenvalue weighted by Gasteiger charge is 2.23. The first kappa shape index (κ1) is 17.6. The lowest BCUT2D eigenvalue weighted by molar-refractivity contribution is 0.0910. The van der Waals surface area contributed by atoms with Crippen LogP contribution in [0.4, 0.5) is 0 Å². The molecule has 0 spiro atoms. The van der Waals surface area contributed by atoms with Gasteiger partial charge in [0.25, 0.3) is 5.91 Å². The fourth-order valence-corrected chi connectivity index (χ4v) is 3.88. The van der Waals surface area contributed by atoms with Crippen molar-refractivity contribution in [2.45, 2.75) is 38.6 Å². The quantitative estimate of drug-likeness (QED) is 0.750. The van der Waals surface area contributed by atoms with E-state index in [-0.39, 0.29) is 11.9 Å². The Bertz CT molecular complexity index is 946. The standard InChI is InChI=1S/C22H25N3O2/c1-15-5-3-4-6-19(15)24-22(26)16-7-12-21-20(13-16)23-14-25(21)17-8-10-18(27-2)11-9-17/h7-15,19H,3-6H2,1-2H3,(H,24,26). The zero-order chi connectivity index (χ0) is 18.8. The molecule has 1 aliphatic rings. The second kappa shape index (κ2) is 7.43. The lowest BCUT2D eigenvalue weighted by Crippen LogP contribution is -2.41. The van der Waals surface area contributed by atoms with Crippen molar-refractivity contribution in [2.24, 2.45) is 5.92 Å². The maximum absolute atomic E-state index is 12.7. The number of ether oxygens (including phenoxy) is 1. The smallest absolute Gasteiger partial charge is 0.251 e. The van der Waals surface area contributed by atoms with Crippen LogP contribution in [0.2, 0.25) is 0 Å². The summed E-state index contributed by atoms with van der Waals surface area (Å²) in [6, 6.07) is 13.8. The molecule has 1 N–H and O–H groups in total. The topological polar surface area (TPSA) is 56.2 Å². The van der Waals surface area contributed by atoms with Gasteiger partial charge in [-0.2, -0.15) is 0 Å². The summed E-state index contributed by atoms with van der Waals surface area (Å²) in [4.78, 5) is 17.2. The molecule has 2 atom stereocenters. The third-order valence-corrected chi connectivity index (χ3v) is 5.59. The van der Waals surface area contributed by atoms with Gasteiger partial charge in [0.05, 0.1) is 18.1 Å². The van der Waals surface area contributed by atoms with Crippen LogP contribution in [-0.4, -0.2) is 28.6 Å². The van der Waals surface area contributed by atoms with Crippen LogP contribution in [-0.2, 0) is 0 Å². The first-order valence-electron chi connectivity index (χ1n) is 9.58. The van der Waals surface area contributed by atoms with Gasteiger partial charge in [0.1, 0.15) is 12.1 Å². The van der Waals surface area contributed by atoms with Gasteiger partial charge in [0.2, 0.25) is 0 Å². The molecule has 1 heterocycles. The number of imidazole rings is 1. The van der Waals surface area contributed by atoms with E-state index in [1.165, 1.54) is 19.3 Å². The zero-order valence-electron chi connectivity index (χ0n) is 15.8. The third kappa shape index (κ3) is 3.54. The number of carbonyl (C=O) groups is 1. The van der Waals surface area contributed by atoms with Crippen LogP contribution in [0.1, 0.15) is 43.0 Å². The van der Waals surface area contributed by atoms with E-state index in [1.54, 1.807) is 13.4 Å². The van der Waals surface area contributed by atoms with Crippen molar-refractivity contribution >= 4 is 16.9 Å². The van der Waals surface area contributed by atoms with E-state index in [1.807, 2.05) is 47.0 Å². The molecule has 2 unspecified atom stereocenters. The van der Waals surface area contributed by atoms with Crippen molar-refractivity contribution in [3.63, 3.8) is 0 Å². The molecule has 3 aromatic rings. The van der Waals surface area contributed by atoms with E-state index < -0.39 is 0 Å². The minimum Gasteiger partial charge on any atom is -0.497 e. The largest absolute Gasteiger partial charge is 0.497 e. The molecule has 5 heteroatoms. The van der Waals surface area contributed by atoms with Gasteiger partial charge < -0.3 is 10.1 Å². The SMILES string of the molecule is COc1ccc(-n2cnc3cc(C(=O)NC4CCCCC4C)ccc32)cc1. The molecule has 0 saturated heterocycles. The molecule has 5 nitrogen and oxygen atoms in total. The van der Waals surface area contributed by atoms with E-state index in [9.17, 15) is 4.79 Å². The number of aromatic nitrogens is 2. The van der Waals surface area contributed by atoms with E-state index in [0.717, 1.165) is 28.9 Å². The second-order valence-corrected chi connectivity index (χ2v) is 7.36. The monoisotopic (exact) mass is 363 g/mol. The molecule has 2 aromatic carbocycles. The Hall–Kier alpha value is -2.82. The molecule has 27 heavy (non-hydrogen) atoms. The van der Waals surface area contributed by atoms with Crippen molar-refractivity contribution in [1.29, 1.82) is 0 Å². The molecule has 1 aliphatic carbocycles. The van der Waals surface area contributed by atoms with Crippen LogP contribution in [0.5, 0.6) is 5.75 Å². The number of benzene rings is 2. The molecule has 1 aromatic heterocycles. The molecule has 1 amide bonds. The summed E-state index contributed by atoms with van der Waals surface area (Å²) < 4.78 is 7.23. The van der Waals surface area contributed by atoms with Crippen molar-refractivity contribution in [3.8, 4) is 11.4 Å². The van der Waals surface area contributed by atoms with Crippen LogP contribution in [0.3, 0.4) is 0 Å². The fraction of sp³-hybridized carbons (Fsp3) is 0.364. The van der Waals surface area contributed by atoms with E-state index in [0.29, 0.717) is 11.5 Å². The van der Waals surface area contributed by atoms with Gasteiger partial charge in [0.15, 0.2) is 0 Å². The number of fused-ring (bicyclic) bond motifs is 1. The summed E-state index contributed by atoms with van der Waals surface area (Å²) >= 11 is 0. The molecule has 0 aliphatic heterocycles. The van der Waals surface area contributed by atoms with Crippen LogP contribution in [0.25, 0.3) is 16.7 Å². The highest BCUT2D eigenvalue weighted by Crippen LogP contribution is 2.25. The maximum atomic E-state index is 12.7. The average Bonchev–Trinajstić information content (AvgIpc) is 3.13. The van der Waals surface area contributed by atoms with Gasteiger partial charge in [-0.15, -0.1) is 0 Å². The van der Waals surface area contributed by atoms with E-state index in [4.69, 9.17) is 4.74 Å². The second-order valence-electron chi connectivity index (χ2n) is 7.36. The number of methoxy groups -OCH3 is 1. The number of amides is 1. The Balaban J connectivity index is 1.57. The number of nitrogens with zero attached hydrogens (tertiary/aromatic N) is 2. The van der Waals surface area contributed by atoms with Crippen LogP contribution < -0.4 is 10.1 Å². The van der Waals surface area contributed by atoms with Gasteiger partial charge in [-0.05, 0) is 61.2 Å². The summed E-state index contributed by atoms with van der Waals surface area (Å²) in [5, 5.41) is 3.21. The minimum atomic E-state index is -0.00496. The number of carbonyl (C=O) groups excluding carboxylic acids is 1. The lowest BCUT2D eigenvalue weighted by Gasteiger charge is -2.29. The minimum absolute atomic E-state index is 0.00496. The summed E-state index contributed by atoms with van der Waals surface area (Å²) in [5.41, 5.74) is 3.46. The number of hydrogen-bond acceptors (Lipinski definition) is 3. The predicted octanol–water partition coefficient (Wildman–Crippen LogP) is 4.34. The highest BCUT2D eigenvalue weighted by atomic mass is 16.5. The molecule has 4 rings (SSSR count). The van der Waals surface area contributed by atoms with Crippen LogP contribution >= 0.6 is 0 Å². The van der Waals surface area contributed by atoms with E-state index >= 15 is 0 Å². The number of nitrogens with one attached hydrogen (secondary N) is 1. The molecule has 0 bridgehead atoms. The maximum Gasteiger partial charge on any atom is 0.251 e. The fourth-order valence-electron chi connectivity index (χ4n) is 3.88. The normalized spacial score (nSPS) is 19.8. The van der Waals surface area contributed by atoms with Crippen molar-refractivity contribution in [3.05, 3.63) is 54.4 Å². The summed E-state index contributed by atoms with van der Waals surface area (Å²) in [6.07, 6.45) is 6.51. The Labute approximate surface area is 159 Å². The summed E-state index contributed by atoms with van der Waals surface area (Å²) in [5.74, 6) is 1.36. The Morgan fingerprint density at radius 3 is 2.67 bits per heavy atom. The third-order valence-electron chi connectivity index (χ3n) is 5.59. The summed E-state index contributed by atoms with van der Waals surface area (Å²) in [6.45, 7) is 2.23. The van der Waals surface area contributed by atoms with Gasteiger partial charge >= 0.3 is 0 Å². The molecule has 0 radical (unpaired) electrons. The zero-order valence-corrected chi connectivity index (χ0v) is 15.8. The van der Waals surface area contributed by atoms with Gasteiger partial charge in [-0.1, -0.05) is 19.8 Å². The van der Waals surface area contributed by atoms with Crippen LogP contribution in [0, 0.1) is 5.92 Å². The lowest BCUT2D eigenvalue weighted by atomic mass is 9.86. The van der Waals surface area contributed by atoms with Crippen LogP contribution in [0.15, 0.2) is 48.8 Å². The van der Waals surface area contributed by atoms with Gasteiger partial charge in [-0.3, -0.25) is 9.36 Å². The average molecular weight is 363 g/mol. The highest BCUT2D eigenvalue weighted by molar-refractivity contribution is 5.97. The van der Waals surface area contributed by atoms with Crippen molar-refractivity contribution < 1.29 is 9.53 Å². The molecular weight excluding hydrogens is 338 g/mol. The van der Waals surface area contributed by atoms with Gasteiger partial charge in [0, 0.05) is 17.3 Å². The van der Waals surface area contributed by atoms with Crippen molar-refractivity contribution in [2.75, 3.05) is 7.11 Å². The molecule has 1 fully saturated rings. The number of hydrogen-bond donors (Lipinski definition) is 1. The van der Waals surface area contributed by atoms with E-state index in [2.05, 4.69) is 17.2 Å². The molecule has 140 valence electrons. The first-order chi connectivity index (χ1) is 13.2. The molecule has 1 saturated carbocycles. The first-order valence-corrected chi connectivity index (χ1v) is 9.58.